The highest BCUT2D eigenvalue weighted by molar-refractivity contribution is 7.89. The first-order chi connectivity index (χ1) is 9.01. The molecule has 1 saturated carbocycles. The molecule has 1 fully saturated rings. The van der Waals surface area contributed by atoms with Crippen LogP contribution < -0.4 is 4.72 Å². The van der Waals surface area contributed by atoms with Crippen molar-refractivity contribution in [2.75, 3.05) is 5.88 Å². The zero-order valence-corrected chi connectivity index (χ0v) is 12.6. The predicted octanol–water partition coefficient (Wildman–Crippen LogP) is 2.19. The molecule has 19 heavy (non-hydrogen) atoms. The van der Waals surface area contributed by atoms with Gasteiger partial charge in [0.25, 0.3) is 10.0 Å². The normalized spacial score (nSPS) is 19.5. The van der Waals surface area contributed by atoms with E-state index in [1.165, 1.54) is 6.20 Å². The maximum Gasteiger partial charge on any atom is 0.258 e. The third-order valence-corrected chi connectivity index (χ3v) is 5.65. The third kappa shape index (κ3) is 3.30. The standard InChI is InChI=1S/C12H20ClN3O2S/c1-2-10-14-8-11(15-10)19(17,18)16-12(9-13)6-4-3-5-7-12/h8,16H,2-7,9H2,1H3,(H,14,15). The molecule has 1 aliphatic rings. The van der Waals surface area contributed by atoms with E-state index >= 15 is 0 Å². The zero-order valence-electron chi connectivity index (χ0n) is 11.1. The van der Waals surface area contributed by atoms with Crippen LogP contribution in [0, 0.1) is 0 Å². The molecule has 1 aromatic heterocycles. The number of hydrogen-bond acceptors (Lipinski definition) is 3. The molecular formula is C12H20ClN3O2S. The zero-order chi connectivity index (χ0) is 13.9. The van der Waals surface area contributed by atoms with Crippen LogP contribution in [-0.4, -0.2) is 29.8 Å². The Balaban J connectivity index is 2.19. The van der Waals surface area contributed by atoms with Gasteiger partial charge in [-0.3, -0.25) is 0 Å². The van der Waals surface area contributed by atoms with Gasteiger partial charge in [0, 0.05) is 17.8 Å². The average Bonchev–Trinajstić information content (AvgIpc) is 2.89. The highest BCUT2D eigenvalue weighted by Gasteiger charge is 2.36. The number of sulfonamides is 1. The predicted molar refractivity (Wildman–Crippen MR) is 74.8 cm³/mol. The second-order valence-corrected chi connectivity index (χ2v) is 7.05. The molecule has 1 aromatic rings. The van der Waals surface area contributed by atoms with E-state index in [2.05, 4.69) is 14.7 Å². The minimum atomic E-state index is -3.57. The molecule has 0 saturated heterocycles. The Labute approximate surface area is 119 Å². The van der Waals surface area contributed by atoms with Crippen LogP contribution in [0.1, 0.15) is 44.9 Å². The summed E-state index contributed by atoms with van der Waals surface area (Å²) in [6.45, 7) is 1.92. The van der Waals surface area contributed by atoms with Crippen molar-refractivity contribution in [1.82, 2.24) is 14.7 Å². The van der Waals surface area contributed by atoms with Crippen LogP contribution in [0.4, 0.5) is 0 Å². The number of nitrogens with one attached hydrogen (secondary N) is 2. The molecule has 0 amide bonds. The number of hydrogen-bond donors (Lipinski definition) is 2. The molecule has 2 rings (SSSR count). The highest BCUT2D eigenvalue weighted by atomic mass is 35.5. The molecule has 0 atom stereocenters. The fourth-order valence-corrected chi connectivity index (χ4v) is 4.30. The van der Waals surface area contributed by atoms with Gasteiger partial charge >= 0.3 is 0 Å². The lowest BCUT2D eigenvalue weighted by molar-refractivity contribution is 0.297. The first-order valence-corrected chi connectivity index (χ1v) is 8.67. The number of alkyl halides is 1. The highest BCUT2D eigenvalue weighted by Crippen LogP contribution is 2.30. The van der Waals surface area contributed by atoms with E-state index in [9.17, 15) is 8.42 Å². The summed E-state index contributed by atoms with van der Waals surface area (Å²) in [5.74, 6) is 0.977. The third-order valence-electron chi connectivity index (χ3n) is 3.65. The summed E-state index contributed by atoms with van der Waals surface area (Å²) in [5.41, 5.74) is -0.504. The fourth-order valence-electron chi connectivity index (χ4n) is 2.49. The largest absolute Gasteiger partial charge is 0.332 e. The lowest BCUT2D eigenvalue weighted by Gasteiger charge is -2.35. The molecular weight excluding hydrogens is 286 g/mol. The number of nitrogens with zero attached hydrogens (tertiary/aromatic N) is 1. The lowest BCUT2D eigenvalue weighted by atomic mass is 9.84. The summed E-state index contributed by atoms with van der Waals surface area (Å²) < 4.78 is 27.5. The van der Waals surface area contributed by atoms with Gasteiger partial charge in [-0.25, -0.2) is 18.1 Å². The second kappa shape index (κ2) is 5.81. The average molecular weight is 306 g/mol. The summed E-state index contributed by atoms with van der Waals surface area (Å²) in [6.07, 6.45) is 6.80. The molecule has 0 aliphatic heterocycles. The topological polar surface area (TPSA) is 74.8 Å². The molecule has 0 spiro atoms. The number of halogens is 1. The monoisotopic (exact) mass is 305 g/mol. The summed E-state index contributed by atoms with van der Waals surface area (Å²) in [6, 6.07) is 0. The van der Waals surface area contributed by atoms with Crippen molar-refractivity contribution in [1.29, 1.82) is 0 Å². The summed E-state index contributed by atoms with van der Waals surface area (Å²) in [7, 11) is -3.57. The fraction of sp³-hybridized carbons (Fsp3) is 0.750. The molecule has 1 aliphatic carbocycles. The van der Waals surface area contributed by atoms with Gasteiger partial charge in [0.1, 0.15) is 5.82 Å². The van der Waals surface area contributed by atoms with Crippen LogP contribution in [0.5, 0.6) is 0 Å². The van der Waals surface area contributed by atoms with Crippen LogP contribution in [-0.2, 0) is 16.4 Å². The molecule has 5 nitrogen and oxygen atoms in total. The van der Waals surface area contributed by atoms with Gasteiger partial charge in [-0.1, -0.05) is 26.2 Å². The Kier molecular flexibility index (Phi) is 4.53. The number of aromatic nitrogens is 2. The van der Waals surface area contributed by atoms with Gasteiger partial charge in [-0.2, -0.15) is 0 Å². The molecule has 0 bridgehead atoms. The van der Waals surface area contributed by atoms with Crippen LogP contribution in [0.3, 0.4) is 0 Å². The molecule has 0 radical (unpaired) electrons. The van der Waals surface area contributed by atoms with Crippen molar-refractivity contribution in [3.05, 3.63) is 12.0 Å². The van der Waals surface area contributed by atoms with E-state index in [1.54, 1.807) is 0 Å². The van der Waals surface area contributed by atoms with Gasteiger partial charge in [0.05, 0.1) is 6.20 Å². The minimum Gasteiger partial charge on any atom is -0.332 e. The van der Waals surface area contributed by atoms with Crippen LogP contribution >= 0.6 is 11.6 Å². The Morgan fingerprint density at radius 2 is 2.11 bits per heavy atom. The van der Waals surface area contributed by atoms with Gasteiger partial charge < -0.3 is 4.98 Å². The van der Waals surface area contributed by atoms with E-state index in [1.807, 2.05) is 6.92 Å². The summed E-state index contributed by atoms with van der Waals surface area (Å²) >= 11 is 6.01. The molecule has 0 unspecified atom stereocenters. The van der Waals surface area contributed by atoms with Gasteiger partial charge in [0.2, 0.25) is 0 Å². The van der Waals surface area contributed by atoms with Gasteiger partial charge in [0.15, 0.2) is 5.03 Å². The van der Waals surface area contributed by atoms with Crippen molar-refractivity contribution in [2.45, 2.75) is 56.0 Å². The van der Waals surface area contributed by atoms with Gasteiger partial charge in [-0.15, -0.1) is 11.6 Å². The van der Waals surface area contributed by atoms with Crippen molar-refractivity contribution in [3.63, 3.8) is 0 Å². The second-order valence-electron chi connectivity index (χ2n) is 5.13. The van der Waals surface area contributed by atoms with Crippen molar-refractivity contribution in [3.8, 4) is 0 Å². The Morgan fingerprint density at radius 3 is 2.63 bits per heavy atom. The van der Waals surface area contributed by atoms with Gasteiger partial charge in [-0.05, 0) is 12.8 Å². The Bertz CT molecular complexity index is 521. The Morgan fingerprint density at radius 1 is 1.42 bits per heavy atom. The first-order valence-electron chi connectivity index (χ1n) is 6.65. The minimum absolute atomic E-state index is 0.124. The quantitative estimate of drug-likeness (QED) is 0.819. The maximum absolute atomic E-state index is 12.4. The molecule has 1 heterocycles. The SMILES string of the molecule is CCc1ncc(S(=O)(=O)NC2(CCl)CCCCC2)[nH]1. The van der Waals surface area contributed by atoms with E-state index in [-0.39, 0.29) is 5.03 Å². The summed E-state index contributed by atoms with van der Waals surface area (Å²) in [5, 5.41) is 0.124. The van der Waals surface area contributed by atoms with E-state index in [0.29, 0.717) is 18.1 Å². The van der Waals surface area contributed by atoms with E-state index in [0.717, 1.165) is 32.1 Å². The molecule has 2 N–H and O–H groups in total. The first kappa shape index (κ1) is 14.8. The van der Waals surface area contributed by atoms with Crippen LogP contribution in [0.15, 0.2) is 11.2 Å². The number of rotatable bonds is 5. The Hall–Kier alpha value is -0.590. The van der Waals surface area contributed by atoms with E-state index < -0.39 is 15.6 Å². The maximum atomic E-state index is 12.4. The van der Waals surface area contributed by atoms with E-state index in [4.69, 9.17) is 11.6 Å². The van der Waals surface area contributed by atoms with Crippen LogP contribution in [0.25, 0.3) is 0 Å². The molecule has 108 valence electrons. The smallest absolute Gasteiger partial charge is 0.258 e. The number of imidazole rings is 1. The number of aromatic amines is 1. The molecule has 7 heteroatoms. The van der Waals surface area contributed by atoms with Crippen LogP contribution in [0.2, 0.25) is 0 Å². The lowest BCUT2D eigenvalue weighted by Crippen LogP contribution is -2.51. The summed E-state index contributed by atoms with van der Waals surface area (Å²) in [4.78, 5) is 6.86. The number of aryl methyl sites for hydroxylation is 1. The van der Waals surface area contributed by atoms with Crippen molar-refractivity contribution >= 4 is 21.6 Å². The number of H-pyrrole nitrogens is 1. The molecule has 0 aromatic carbocycles. The van der Waals surface area contributed by atoms with Crippen molar-refractivity contribution < 1.29 is 8.42 Å². The van der Waals surface area contributed by atoms with Crippen molar-refractivity contribution in [2.24, 2.45) is 0 Å².